The molecule has 6 nitrogen and oxygen atoms in total. The Morgan fingerprint density at radius 1 is 0.968 bits per heavy atom. The van der Waals surface area contributed by atoms with Crippen molar-refractivity contribution in [2.75, 3.05) is 27.2 Å². The largest absolute Gasteiger partial charge is 0.478 e. The summed E-state index contributed by atoms with van der Waals surface area (Å²) in [6, 6.07) is 0. The van der Waals surface area contributed by atoms with Crippen LogP contribution < -0.4 is 0 Å². The first-order valence-corrected chi connectivity index (χ1v) is 11.9. The second-order valence-corrected chi connectivity index (χ2v) is 10.7. The third-order valence-corrected chi connectivity index (χ3v) is 6.82. The smallest absolute Gasteiger partial charge is 0.328 e. The molecule has 0 spiro atoms. The third-order valence-electron chi connectivity index (χ3n) is 6.82. The van der Waals surface area contributed by atoms with Crippen LogP contribution in [0.4, 0.5) is 0 Å². The molecular formula is C25H45NO5. The van der Waals surface area contributed by atoms with Crippen LogP contribution in [0.25, 0.3) is 0 Å². The van der Waals surface area contributed by atoms with Crippen LogP contribution in [0.5, 0.6) is 0 Å². The number of rotatable bonds is 8. The number of carboxylic acid groups (broad SMARTS) is 2. The molecule has 0 atom stereocenters. The molecule has 2 rings (SSSR count). The van der Waals surface area contributed by atoms with E-state index in [9.17, 15) is 9.59 Å². The number of hydrogen-bond donors (Lipinski definition) is 2. The number of carbonyl (C=O) groups is 2. The lowest BCUT2D eigenvalue weighted by molar-refractivity contribution is -0.134. The molecule has 180 valence electrons. The molecule has 0 aliphatic heterocycles. The Bertz CT molecular complexity index is 549. The summed E-state index contributed by atoms with van der Waals surface area (Å²) in [6.07, 6.45) is 15.0. The molecular weight excluding hydrogens is 394 g/mol. The Hall–Kier alpha value is -1.40. The maximum absolute atomic E-state index is 9.55. The van der Waals surface area contributed by atoms with E-state index in [1.54, 1.807) is 0 Å². The van der Waals surface area contributed by atoms with Crippen LogP contribution in [-0.4, -0.2) is 59.9 Å². The molecule has 0 radical (unpaired) electrons. The minimum Gasteiger partial charge on any atom is -0.478 e. The first kappa shape index (κ1) is 27.6. The van der Waals surface area contributed by atoms with Gasteiger partial charge in [0.1, 0.15) is 0 Å². The minimum atomic E-state index is -1.26. The summed E-state index contributed by atoms with van der Waals surface area (Å²) in [6.45, 7) is 9.20. The maximum Gasteiger partial charge on any atom is 0.328 e. The number of hydrogen-bond acceptors (Lipinski definition) is 4. The standard InChI is InChI=1S/C21H41NO.C4H4O4/c1-20(2,3)19-11-13-21(14-12-19,23-16-15-22(4)5)17-18-9-7-6-8-10-18;5-3(6)1-2-4(7)8/h18-19H,6-17H2,1-5H3;1-2H,(H,5,6)(H,7,8)/b;2-1+. The van der Waals surface area contributed by atoms with Gasteiger partial charge >= 0.3 is 11.9 Å². The van der Waals surface area contributed by atoms with E-state index in [-0.39, 0.29) is 5.60 Å². The lowest BCUT2D eigenvalue weighted by Crippen LogP contribution is -2.42. The number of carboxylic acids is 2. The van der Waals surface area contributed by atoms with Gasteiger partial charge in [0.25, 0.3) is 0 Å². The Labute approximate surface area is 189 Å². The van der Waals surface area contributed by atoms with Crippen molar-refractivity contribution in [3.05, 3.63) is 12.2 Å². The molecule has 0 aromatic rings. The van der Waals surface area contributed by atoms with Gasteiger partial charge in [0.15, 0.2) is 0 Å². The number of aliphatic carboxylic acids is 2. The molecule has 0 aromatic heterocycles. The van der Waals surface area contributed by atoms with Gasteiger partial charge in [-0.15, -0.1) is 0 Å². The van der Waals surface area contributed by atoms with E-state index in [2.05, 4.69) is 39.8 Å². The molecule has 31 heavy (non-hydrogen) atoms. The van der Waals surface area contributed by atoms with Crippen LogP contribution in [-0.2, 0) is 14.3 Å². The molecule has 2 aliphatic carbocycles. The van der Waals surface area contributed by atoms with Crippen LogP contribution in [0.15, 0.2) is 12.2 Å². The summed E-state index contributed by atoms with van der Waals surface area (Å²) in [7, 11) is 4.29. The van der Waals surface area contributed by atoms with Gasteiger partial charge in [-0.25, -0.2) is 9.59 Å². The highest BCUT2D eigenvalue weighted by molar-refractivity contribution is 5.89. The van der Waals surface area contributed by atoms with Gasteiger partial charge < -0.3 is 19.8 Å². The molecule has 2 saturated carbocycles. The fraction of sp³-hybridized carbons (Fsp3) is 0.840. The molecule has 0 bridgehead atoms. The quantitative estimate of drug-likeness (QED) is 0.504. The van der Waals surface area contributed by atoms with Crippen LogP contribution in [0.1, 0.15) is 85.0 Å². The van der Waals surface area contributed by atoms with Crippen molar-refractivity contribution in [3.63, 3.8) is 0 Å². The summed E-state index contributed by atoms with van der Waals surface area (Å²) in [4.78, 5) is 21.4. The van der Waals surface area contributed by atoms with Gasteiger partial charge in [-0.2, -0.15) is 0 Å². The molecule has 0 unspecified atom stereocenters. The third kappa shape index (κ3) is 11.7. The second kappa shape index (κ2) is 13.2. The highest BCUT2D eigenvalue weighted by Gasteiger charge is 2.40. The van der Waals surface area contributed by atoms with Crippen molar-refractivity contribution >= 4 is 11.9 Å². The van der Waals surface area contributed by atoms with E-state index in [0.717, 1.165) is 25.0 Å². The first-order valence-electron chi connectivity index (χ1n) is 11.9. The fourth-order valence-electron chi connectivity index (χ4n) is 4.92. The van der Waals surface area contributed by atoms with Crippen molar-refractivity contribution in [2.45, 2.75) is 90.6 Å². The Kier molecular flexibility index (Phi) is 11.8. The number of ether oxygens (including phenoxy) is 1. The van der Waals surface area contributed by atoms with E-state index in [1.165, 1.54) is 64.2 Å². The Morgan fingerprint density at radius 3 is 1.90 bits per heavy atom. The first-order chi connectivity index (χ1) is 14.4. The topological polar surface area (TPSA) is 87.1 Å². The molecule has 2 fully saturated rings. The van der Waals surface area contributed by atoms with Crippen LogP contribution >= 0.6 is 0 Å². The molecule has 0 aromatic carbocycles. The molecule has 0 heterocycles. The lowest BCUT2D eigenvalue weighted by atomic mass is 9.66. The summed E-state index contributed by atoms with van der Waals surface area (Å²) < 4.78 is 6.60. The maximum atomic E-state index is 9.55. The van der Waals surface area contributed by atoms with Gasteiger partial charge in [-0.05, 0) is 63.5 Å². The summed E-state index contributed by atoms with van der Waals surface area (Å²) in [5, 5.41) is 15.6. The van der Waals surface area contributed by atoms with Gasteiger partial charge in [-0.3, -0.25) is 0 Å². The van der Waals surface area contributed by atoms with Gasteiger partial charge in [0.05, 0.1) is 12.2 Å². The van der Waals surface area contributed by atoms with E-state index in [4.69, 9.17) is 14.9 Å². The highest BCUT2D eigenvalue weighted by atomic mass is 16.5. The fourth-order valence-corrected chi connectivity index (χ4v) is 4.92. The predicted molar refractivity (Wildman–Crippen MR) is 124 cm³/mol. The van der Waals surface area contributed by atoms with Gasteiger partial charge in [-0.1, -0.05) is 52.9 Å². The second-order valence-electron chi connectivity index (χ2n) is 10.7. The SMILES string of the molecule is CN(C)CCOC1(CC2CCCCC2)CCC(C(C)(C)C)CC1.O=C(O)/C=C/C(=O)O. The van der Waals surface area contributed by atoms with Crippen LogP contribution in [0.3, 0.4) is 0 Å². The van der Waals surface area contributed by atoms with Crippen molar-refractivity contribution < 1.29 is 24.5 Å². The Morgan fingerprint density at radius 2 is 1.48 bits per heavy atom. The zero-order valence-electron chi connectivity index (χ0n) is 20.4. The minimum absolute atomic E-state index is 0.194. The summed E-state index contributed by atoms with van der Waals surface area (Å²) in [5.41, 5.74) is 0.653. The van der Waals surface area contributed by atoms with E-state index in [0.29, 0.717) is 17.6 Å². The Balaban J connectivity index is 0.000000512. The lowest BCUT2D eigenvalue weighted by Gasteiger charge is -2.46. The van der Waals surface area contributed by atoms with Crippen molar-refractivity contribution in [3.8, 4) is 0 Å². The van der Waals surface area contributed by atoms with E-state index in [1.807, 2.05) is 0 Å². The highest BCUT2D eigenvalue weighted by Crippen LogP contribution is 2.46. The normalized spacial score (nSPS) is 25.3. The van der Waals surface area contributed by atoms with E-state index >= 15 is 0 Å². The van der Waals surface area contributed by atoms with Crippen molar-refractivity contribution in [1.82, 2.24) is 4.90 Å². The van der Waals surface area contributed by atoms with Gasteiger partial charge in [0, 0.05) is 18.7 Å². The van der Waals surface area contributed by atoms with E-state index < -0.39 is 11.9 Å². The predicted octanol–water partition coefficient (Wildman–Crippen LogP) is 5.22. The van der Waals surface area contributed by atoms with Crippen molar-refractivity contribution in [2.24, 2.45) is 17.3 Å². The molecule has 0 amide bonds. The van der Waals surface area contributed by atoms with Gasteiger partial charge in [0.2, 0.25) is 0 Å². The molecule has 0 saturated heterocycles. The number of nitrogens with zero attached hydrogens (tertiary/aromatic N) is 1. The summed E-state index contributed by atoms with van der Waals surface area (Å²) >= 11 is 0. The van der Waals surface area contributed by atoms with Crippen LogP contribution in [0.2, 0.25) is 0 Å². The number of likely N-dealkylation sites (N-methyl/N-ethyl adjacent to an activating group) is 1. The average Bonchev–Trinajstić information content (AvgIpc) is 2.67. The van der Waals surface area contributed by atoms with Crippen LogP contribution in [0, 0.1) is 17.3 Å². The molecule has 2 aliphatic rings. The molecule has 2 N–H and O–H groups in total. The zero-order chi connectivity index (χ0) is 23.5. The summed E-state index contributed by atoms with van der Waals surface area (Å²) in [5.74, 6) is -0.714. The monoisotopic (exact) mass is 439 g/mol. The van der Waals surface area contributed by atoms with Crippen molar-refractivity contribution in [1.29, 1.82) is 0 Å². The average molecular weight is 440 g/mol. The zero-order valence-corrected chi connectivity index (χ0v) is 20.4. The molecule has 6 heteroatoms.